The molecule has 1 aliphatic rings. The van der Waals surface area contributed by atoms with Gasteiger partial charge < -0.3 is 14.8 Å². The zero-order valence-corrected chi connectivity index (χ0v) is 18.3. The molecule has 0 saturated heterocycles. The third-order valence-electron chi connectivity index (χ3n) is 3.77. The van der Waals surface area contributed by atoms with Crippen LogP contribution in [-0.4, -0.2) is 29.9 Å². The summed E-state index contributed by atoms with van der Waals surface area (Å²) in [5, 5.41) is 15.4. The molecule has 8 heteroatoms. The molecule has 0 aliphatic carbocycles. The summed E-state index contributed by atoms with van der Waals surface area (Å²) in [5.74, 6) is -1.19. The molecule has 1 unspecified atom stereocenters. The molecule has 0 amide bonds. The lowest BCUT2D eigenvalue weighted by Gasteiger charge is -2.28. The highest BCUT2D eigenvalue weighted by atomic mass is 32.2. The molecule has 6 nitrogen and oxygen atoms in total. The Kier molecular flexibility index (Phi) is 7.33. The van der Waals surface area contributed by atoms with Crippen molar-refractivity contribution in [1.82, 2.24) is 5.32 Å². The van der Waals surface area contributed by atoms with Crippen LogP contribution in [0.1, 0.15) is 45.4 Å². The molecule has 28 heavy (non-hydrogen) atoms. The van der Waals surface area contributed by atoms with Crippen LogP contribution in [0.25, 0.3) is 0 Å². The van der Waals surface area contributed by atoms with E-state index in [-0.39, 0.29) is 29.9 Å². The molecule has 0 saturated carbocycles. The highest BCUT2D eigenvalue weighted by Crippen LogP contribution is 2.42. The number of dihydropyridines is 1. The minimum absolute atomic E-state index is 0.0894. The first-order chi connectivity index (χ1) is 13.2. The average molecular weight is 421 g/mol. The van der Waals surface area contributed by atoms with Crippen molar-refractivity contribution < 1.29 is 19.1 Å². The van der Waals surface area contributed by atoms with Crippen molar-refractivity contribution in [2.24, 2.45) is 0 Å². The Morgan fingerprint density at radius 3 is 2.64 bits per heavy atom. The lowest BCUT2D eigenvalue weighted by atomic mass is 9.88. The molecule has 150 valence electrons. The van der Waals surface area contributed by atoms with E-state index in [1.54, 1.807) is 6.92 Å². The fraction of sp³-hybridized carbons (Fsp3) is 0.450. The van der Waals surface area contributed by atoms with Crippen LogP contribution in [0.4, 0.5) is 0 Å². The van der Waals surface area contributed by atoms with Gasteiger partial charge in [-0.1, -0.05) is 17.8 Å². The maximum absolute atomic E-state index is 12.4. The first-order valence-electron chi connectivity index (χ1n) is 8.85. The summed E-state index contributed by atoms with van der Waals surface area (Å²) in [5.41, 5.74) is 0.755. The first kappa shape index (κ1) is 22.1. The molecule has 1 aromatic heterocycles. The Hall–Kier alpha value is -2.24. The van der Waals surface area contributed by atoms with Crippen molar-refractivity contribution >= 4 is 35.0 Å². The number of nitrogens with zero attached hydrogens (tertiary/aromatic N) is 1. The number of thiophene rings is 1. The van der Waals surface area contributed by atoms with Crippen molar-refractivity contribution in [2.75, 3.05) is 12.4 Å². The van der Waals surface area contributed by atoms with Crippen LogP contribution in [-0.2, 0) is 19.1 Å². The summed E-state index contributed by atoms with van der Waals surface area (Å²) in [6.45, 7) is 9.25. The van der Waals surface area contributed by atoms with Gasteiger partial charge in [-0.15, -0.1) is 11.3 Å². The van der Waals surface area contributed by atoms with E-state index in [1.165, 1.54) is 23.1 Å². The molecule has 0 aromatic carbocycles. The van der Waals surface area contributed by atoms with Gasteiger partial charge in [0.25, 0.3) is 0 Å². The zero-order chi connectivity index (χ0) is 20.9. The smallest absolute Gasteiger partial charge is 0.355 e. The Bertz CT molecular complexity index is 843. The second kappa shape index (κ2) is 9.30. The van der Waals surface area contributed by atoms with Crippen molar-refractivity contribution in [3.05, 3.63) is 44.3 Å². The molecule has 2 rings (SSSR count). The maximum Gasteiger partial charge on any atom is 0.355 e. The van der Waals surface area contributed by atoms with Crippen molar-refractivity contribution in [1.29, 1.82) is 5.26 Å². The number of nitriles is 1. The highest BCUT2D eigenvalue weighted by Gasteiger charge is 2.34. The number of nitrogens with one attached hydrogen (secondary N) is 1. The molecule has 0 radical (unpaired) electrons. The molecule has 0 bridgehead atoms. The van der Waals surface area contributed by atoms with Crippen molar-refractivity contribution in [3.8, 4) is 6.07 Å². The minimum Gasteiger partial charge on any atom is -0.461 e. The highest BCUT2D eigenvalue weighted by molar-refractivity contribution is 8.03. The van der Waals surface area contributed by atoms with Crippen LogP contribution >= 0.6 is 23.1 Å². The van der Waals surface area contributed by atoms with E-state index < -0.39 is 11.6 Å². The molecule has 1 atom stereocenters. The van der Waals surface area contributed by atoms with Gasteiger partial charge in [0.05, 0.1) is 34.9 Å². The first-order valence-corrected chi connectivity index (χ1v) is 10.7. The SMILES string of the molecule is CCOC(=O)C1=C(C#N)C(c2cccs2)C(C)=C(SCC(=O)OC(C)(C)C)N1. The van der Waals surface area contributed by atoms with E-state index in [4.69, 9.17) is 9.47 Å². The number of hydrogen-bond acceptors (Lipinski definition) is 8. The van der Waals surface area contributed by atoms with E-state index in [1.807, 2.05) is 45.2 Å². The second-order valence-electron chi connectivity index (χ2n) is 7.08. The third-order valence-corrected chi connectivity index (χ3v) is 5.80. The van der Waals surface area contributed by atoms with Crippen molar-refractivity contribution in [2.45, 2.75) is 46.1 Å². The number of ether oxygens (including phenoxy) is 2. The Morgan fingerprint density at radius 1 is 1.39 bits per heavy atom. The van der Waals surface area contributed by atoms with Crippen LogP contribution < -0.4 is 5.32 Å². The third kappa shape index (κ3) is 5.40. The Balaban J connectivity index is 2.35. The van der Waals surface area contributed by atoms with E-state index in [9.17, 15) is 14.9 Å². The molecule has 0 spiro atoms. The molecule has 1 aliphatic heterocycles. The Morgan fingerprint density at radius 2 is 2.11 bits per heavy atom. The van der Waals surface area contributed by atoms with E-state index in [0.29, 0.717) is 10.6 Å². The van der Waals surface area contributed by atoms with E-state index in [2.05, 4.69) is 11.4 Å². The molecular formula is C20H24N2O4S2. The van der Waals surface area contributed by atoms with Gasteiger partial charge in [0, 0.05) is 4.88 Å². The summed E-state index contributed by atoms with van der Waals surface area (Å²) < 4.78 is 10.5. The number of thioether (sulfide) groups is 1. The predicted molar refractivity (Wildman–Crippen MR) is 110 cm³/mol. The summed E-state index contributed by atoms with van der Waals surface area (Å²) in [4.78, 5) is 25.5. The molecule has 1 aromatic rings. The minimum atomic E-state index is -0.580. The number of esters is 2. The summed E-state index contributed by atoms with van der Waals surface area (Å²) in [7, 11) is 0. The monoisotopic (exact) mass is 420 g/mol. The Labute approximate surface area is 173 Å². The molecule has 1 N–H and O–H groups in total. The topological polar surface area (TPSA) is 88.4 Å². The number of carbonyl (C=O) groups is 2. The normalized spacial score (nSPS) is 17.1. The van der Waals surface area contributed by atoms with Crippen LogP contribution in [0, 0.1) is 11.3 Å². The molecular weight excluding hydrogens is 396 g/mol. The second-order valence-corrected chi connectivity index (χ2v) is 9.05. The van der Waals surface area contributed by atoms with Gasteiger partial charge in [-0.2, -0.15) is 5.26 Å². The number of rotatable bonds is 6. The van der Waals surface area contributed by atoms with Gasteiger partial charge in [0.1, 0.15) is 11.3 Å². The van der Waals surface area contributed by atoms with E-state index in [0.717, 1.165) is 10.5 Å². The van der Waals surface area contributed by atoms with Gasteiger partial charge in [0.15, 0.2) is 0 Å². The number of allylic oxidation sites excluding steroid dienone is 2. The van der Waals surface area contributed by atoms with Gasteiger partial charge in [-0.05, 0) is 51.6 Å². The summed E-state index contributed by atoms with van der Waals surface area (Å²) >= 11 is 2.77. The molecule has 0 fully saturated rings. The maximum atomic E-state index is 12.4. The lowest BCUT2D eigenvalue weighted by molar-refractivity contribution is -0.151. The van der Waals surface area contributed by atoms with Crippen LogP contribution in [0.3, 0.4) is 0 Å². The zero-order valence-electron chi connectivity index (χ0n) is 16.6. The van der Waals surface area contributed by atoms with Gasteiger partial charge >= 0.3 is 11.9 Å². The lowest BCUT2D eigenvalue weighted by Crippen LogP contribution is -2.31. The summed E-state index contributed by atoms with van der Waals surface area (Å²) in [6.07, 6.45) is 0. The van der Waals surface area contributed by atoms with Crippen molar-refractivity contribution in [3.63, 3.8) is 0 Å². The van der Waals surface area contributed by atoms with Gasteiger partial charge in [-0.25, -0.2) is 4.79 Å². The fourth-order valence-electron chi connectivity index (χ4n) is 2.72. The summed E-state index contributed by atoms with van der Waals surface area (Å²) in [6, 6.07) is 6.00. The van der Waals surface area contributed by atoms with Crippen LogP contribution in [0.2, 0.25) is 0 Å². The van der Waals surface area contributed by atoms with Gasteiger partial charge in [-0.3, -0.25) is 4.79 Å². The van der Waals surface area contributed by atoms with E-state index >= 15 is 0 Å². The van der Waals surface area contributed by atoms with Crippen LogP contribution in [0.15, 0.2) is 39.4 Å². The number of hydrogen-bond donors (Lipinski definition) is 1. The van der Waals surface area contributed by atoms with Gasteiger partial charge in [0.2, 0.25) is 0 Å². The fourth-order valence-corrected chi connectivity index (χ4v) is 4.46. The number of carbonyl (C=O) groups excluding carboxylic acids is 2. The standard InChI is InChI=1S/C20H24N2O4S2/c1-6-25-19(24)17-13(10-21)16(14-8-7-9-27-14)12(2)18(22-17)28-11-15(23)26-20(3,4)5/h7-9,16,22H,6,11H2,1-5H3. The largest absolute Gasteiger partial charge is 0.461 e. The molecule has 2 heterocycles. The average Bonchev–Trinajstić information content (AvgIpc) is 3.12. The van der Waals surface area contributed by atoms with Crippen LogP contribution in [0.5, 0.6) is 0 Å². The quantitative estimate of drug-likeness (QED) is 0.694. The predicted octanol–water partition coefficient (Wildman–Crippen LogP) is 4.08.